The lowest BCUT2D eigenvalue weighted by molar-refractivity contribution is -0.122. The topological polar surface area (TPSA) is 90.9 Å². The van der Waals surface area contributed by atoms with Gasteiger partial charge in [-0.05, 0) is 59.7 Å². The second-order valence-corrected chi connectivity index (χ2v) is 9.69. The minimum Gasteiger partial charge on any atom is -0.493 e. The second kappa shape index (κ2) is 15.4. The average Bonchev–Trinajstić information content (AvgIpc) is 3.07. The fourth-order valence-electron chi connectivity index (χ4n) is 4.80. The number of ketones is 1. The lowest BCUT2D eigenvalue weighted by Gasteiger charge is -2.24. The van der Waals surface area contributed by atoms with Crippen LogP contribution in [0.15, 0.2) is 84.9 Å². The monoisotopic (exact) mass is 602 g/mol. The maximum Gasteiger partial charge on any atom is 0.162 e. The van der Waals surface area contributed by atoms with Crippen molar-refractivity contribution in [3.63, 3.8) is 0 Å². The molecule has 9 heteroatoms. The molecular weight excluding hydrogens is 564 g/mol. The fourth-order valence-corrected chi connectivity index (χ4v) is 4.80. The maximum absolute atomic E-state index is 13.9. The number of benzene rings is 4. The smallest absolute Gasteiger partial charge is 0.162 e. The van der Waals surface area contributed by atoms with E-state index < -0.39 is 12.2 Å². The minimum atomic E-state index is -0.670. The summed E-state index contributed by atoms with van der Waals surface area (Å²) in [5, 5.41) is 0. The van der Waals surface area contributed by atoms with E-state index in [9.17, 15) is 4.79 Å². The lowest BCUT2D eigenvalue weighted by atomic mass is 9.97. The van der Waals surface area contributed by atoms with E-state index in [1.54, 1.807) is 79.1 Å². The van der Waals surface area contributed by atoms with Gasteiger partial charge in [0.05, 0.1) is 42.7 Å². The molecule has 4 aromatic rings. The Balaban J connectivity index is 1.68. The first kappa shape index (κ1) is 31.9. The normalized spacial score (nSPS) is 12.0. The Morgan fingerprint density at radius 1 is 0.455 bits per heavy atom. The molecule has 0 aliphatic heterocycles. The average molecular weight is 603 g/mol. The standard InChI is InChI=1S/C35H38O9/c1-37-26-11-7-9-13-30(26)43-32(23-15-17-28(39-3)34(19-23)41-5)21-25(36)22-33(44-31-14-10-8-12-27(31)38-2)24-16-18-29(40-4)35(20-24)42-6/h7-20,32-33H,21-22H2,1-6H3. The minimum absolute atomic E-state index is 0.0343. The molecule has 0 aromatic heterocycles. The van der Waals surface area contributed by atoms with Crippen molar-refractivity contribution in [1.82, 2.24) is 0 Å². The van der Waals surface area contributed by atoms with Crippen LogP contribution in [0.1, 0.15) is 36.2 Å². The molecule has 0 aliphatic carbocycles. The number of carbonyl (C=O) groups is 1. The molecule has 232 valence electrons. The zero-order valence-corrected chi connectivity index (χ0v) is 25.8. The zero-order valence-electron chi connectivity index (χ0n) is 25.8. The third-order valence-electron chi connectivity index (χ3n) is 7.06. The Labute approximate surface area is 258 Å². The van der Waals surface area contributed by atoms with Crippen LogP contribution < -0.4 is 37.9 Å². The summed E-state index contributed by atoms with van der Waals surface area (Å²) >= 11 is 0. The molecular formula is C35H38O9. The number of methoxy groups -OCH3 is 6. The highest BCUT2D eigenvalue weighted by Crippen LogP contribution is 2.39. The first-order valence-electron chi connectivity index (χ1n) is 14.0. The number of ether oxygens (including phenoxy) is 8. The summed E-state index contributed by atoms with van der Waals surface area (Å²) in [5.74, 6) is 4.18. The second-order valence-electron chi connectivity index (χ2n) is 9.69. The zero-order chi connectivity index (χ0) is 31.5. The summed E-state index contributed by atoms with van der Waals surface area (Å²) < 4.78 is 45.8. The molecule has 0 N–H and O–H groups in total. The molecule has 4 rings (SSSR count). The molecule has 0 amide bonds. The summed E-state index contributed by atoms with van der Waals surface area (Å²) in [6.07, 6.45) is -1.27. The van der Waals surface area contributed by atoms with Gasteiger partial charge in [0.15, 0.2) is 46.0 Å². The van der Waals surface area contributed by atoms with E-state index in [4.69, 9.17) is 37.9 Å². The number of para-hydroxylation sites is 4. The van der Waals surface area contributed by atoms with Crippen molar-refractivity contribution in [2.75, 3.05) is 42.7 Å². The predicted molar refractivity (Wildman–Crippen MR) is 166 cm³/mol. The summed E-state index contributed by atoms with van der Waals surface area (Å²) in [6.45, 7) is 0. The van der Waals surface area contributed by atoms with Crippen molar-refractivity contribution in [1.29, 1.82) is 0 Å². The summed E-state index contributed by atoms with van der Waals surface area (Å²) in [7, 11) is 9.40. The first-order valence-corrected chi connectivity index (χ1v) is 14.0. The summed E-state index contributed by atoms with van der Waals surface area (Å²) in [5.41, 5.74) is 1.46. The number of hydrogen-bond donors (Lipinski definition) is 0. The van der Waals surface area contributed by atoms with Gasteiger partial charge in [0.25, 0.3) is 0 Å². The van der Waals surface area contributed by atoms with Crippen LogP contribution in [0.25, 0.3) is 0 Å². The lowest BCUT2D eigenvalue weighted by Crippen LogP contribution is -2.18. The van der Waals surface area contributed by atoms with E-state index in [-0.39, 0.29) is 18.6 Å². The van der Waals surface area contributed by atoms with Crippen LogP contribution in [0, 0.1) is 0 Å². The van der Waals surface area contributed by atoms with Crippen LogP contribution in [0.4, 0.5) is 0 Å². The molecule has 0 fully saturated rings. The van der Waals surface area contributed by atoms with E-state index in [0.29, 0.717) is 46.0 Å². The predicted octanol–water partition coefficient (Wildman–Crippen LogP) is 7.03. The van der Waals surface area contributed by atoms with Crippen LogP contribution in [-0.2, 0) is 4.79 Å². The Morgan fingerprint density at radius 2 is 0.773 bits per heavy atom. The summed E-state index contributed by atoms with van der Waals surface area (Å²) in [4.78, 5) is 13.9. The Morgan fingerprint density at radius 3 is 1.11 bits per heavy atom. The molecule has 0 heterocycles. The van der Waals surface area contributed by atoms with Crippen LogP contribution in [0.5, 0.6) is 46.0 Å². The van der Waals surface area contributed by atoms with Gasteiger partial charge in [0.2, 0.25) is 0 Å². The molecule has 4 aromatic carbocycles. The highest BCUT2D eigenvalue weighted by atomic mass is 16.5. The van der Waals surface area contributed by atoms with Crippen LogP contribution in [0.2, 0.25) is 0 Å². The van der Waals surface area contributed by atoms with E-state index in [0.717, 1.165) is 11.1 Å². The molecule has 0 saturated heterocycles. The van der Waals surface area contributed by atoms with Crippen molar-refractivity contribution >= 4 is 5.78 Å². The molecule has 44 heavy (non-hydrogen) atoms. The van der Waals surface area contributed by atoms with Gasteiger partial charge in [0, 0.05) is 12.8 Å². The van der Waals surface area contributed by atoms with Gasteiger partial charge in [-0.25, -0.2) is 0 Å². The van der Waals surface area contributed by atoms with Crippen molar-refractivity contribution in [2.45, 2.75) is 25.0 Å². The number of hydrogen-bond acceptors (Lipinski definition) is 9. The number of rotatable bonds is 16. The third kappa shape index (κ3) is 7.66. The van der Waals surface area contributed by atoms with Crippen LogP contribution in [0.3, 0.4) is 0 Å². The van der Waals surface area contributed by atoms with Gasteiger partial charge in [-0.3, -0.25) is 4.79 Å². The van der Waals surface area contributed by atoms with Gasteiger partial charge in [0.1, 0.15) is 18.0 Å². The Bertz CT molecular complexity index is 1420. The van der Waals surface area contributed by atoms with Gasteiger partial charge in [-0.2, -0.15) is 0 Å². The Kier molecular flexibility index (Phi) is 11.2. The molecule has 0 bridgehead atoms. The fraction of sp³-hybridized carbons (Fsp3) is 0.286. The summed E-state index contributed by atoms with van der Waals surface area (Å²) in [6, 6.07) is 25.5. The van der Waals surface area contributed by atoms with Gasteiger partial charge in [-0.1, -0.05) is 36.4 Å². The number of carbonyl (C=O) groups excluding carboxylic acids is 1. The van der Waals surface area contributed by atoms with Crippen molar-refractivity contribution in [3.8, 4) is 46.0 Å². The SMILES string of the molecule is COc1ccc(C(CC(=O)CC(Oc2ccccc2OC)c2ccc(OC)c(OC)c2)Oc2ccccc2OC)cc1OC. The van der Waals surface area contributed by atoms with Gasteiger partial charge in [-0.15, -0.1) is 0 Å². The first-order chi connectivity index (χ1) is 21.4. The molecule has 2 atom stereocenters. The van der Waals surface area contributed by atoms with Gasteiger partial charge >= 0.3 is 0 Å². The molecule has 0 spiro atoms. The highest BCUT2D eigenvalue weighted by molar-refractivity contribution is 5.80. The molecule has 9 nitrogen and oxygen atoms in total. The Hall–Kier alpha value is -5.05. The molecule has 0 radical (unpaired) electrons. The number of Topliss-reactive ketones (excluding diaryl/α,β-unsaturated/α-hetero) is 1. The van der Waals surface area contributed by atoms with Crippen LogP contribution in [-0.4, -0.2) is 48.4 Å². The molecule has 0 saturated carbocycles. The quantitative estimate of drug-likeness (QED) is 0.134. The maximum atomic E-state index is 13.9. The van der Waals surface area contributed by atoms with Gasteiger partial charge < -0.3 is 37.9 Å². The van der Waals surface area contributed by atoms with Crippen LogP contribution >= 0.6 is 0 Å². The third-order valence-corrected chi connectivity index (χ3v) is 7.06. The van der Waals surface area contributed by atoms with Crippen molar-refractivity contribution in [2.24, 2.45) is 0 Å². The largest absolute Gasteiger partial charge is 0.493 e. The molecule has 0 aliphatic rings. The van der Waals surface area contributed by atoms with Crippen molar-refractivity contribution in [3.05, 3.63) is 96.1 Å². The van der Waals surface area contributed by atoms with Crippen molar-refractivity contribution < 1.29 is 42.7 Å². The van der Waals surface area contributed by atoms with E-state index in [1.807, 2.05) is 48.5 Å². The molecule has 2 unspecified atom stereocenters. The van der Waals surface area contributed by atoms with E-state index in [2.05, 4.69) is 0 Å². The highest BCUT2D eigenvalue weighted by Gasteiger charge is 2.26. The van der Waals surface area contributed by atoms with E-state index in [1.165, 1.54) is 0 Å². The van der Waals surface area contributed by atoms with E-state index >= 15 is 0 Å².